The lowest BCUT2D eigenvalue weighted by molar-refractivity contribution is 0.198. The van der Waals surface area contributed by atoms with Crippen molar-refractivity contribution < 1.29 is 4.74 Å². The van der Waals surface area contributed by atoms with E-state index in [4.69, 9.17) is 28.6 Å². The van der Waals surface area contributed by atoms with E-state index in [1.807, 2.05) is 24.3 Å². The molecule has 15 heavy (non-hydrogen) atoms. The SMILES string of the molecule is S=C1NCC(Oc2ccc(Cl)cc2)CN1. The van der Waals surface area contributed by atoms with E-state index in [9.17, 15) is 0 Å². The maximum absolute atomic E-state index is 5.78. The third kappa shape index (κ3) is 2.97. The van der Waals surface area contributed by atoms with Crippen LogP contribution in [0, 0.1) is 0 Å². The zero-order chi connectivity index (χ0) is 10.7. The Morgan fingerprint density at radius 2 is 1.80 bits per heavy atom. The van der Waals surface area contributed by atoms with E-state index in [1.165, 1.54) is 0 Å². The Bertz CT molecular complexity index is 345. The Morgan fingerprint density at radius 3 is 2.40 bits per heavy atom. The Morgan fingerprint density at radius 1 is 1.20 bits per heavy atom. The zero-order valence-electron chi connectivity index (χ0n) is 8.00. The minimum Gasteiger partial charge on any atom is -0.487 e. The summed E-state index contributed by atoms with van der Waals surface area (Å²) in [4.78, 5) is 0. The molecule has 0 radical (unpaired) electrons. The number of ether oxygens (including phenoxy) is 1. The quantitative estimate of drug-likeness (QED) is 0.772. The molecule has 0 aliphatic carbocycles. The zero-order valence-corrected chi connectivity index (χ0v) is 9.57. The van der Waals surface area contributed by atoms with Crippen molar-refractivity contribution in [3.05, 3.63) is 29.3 Å². The van der Waals surface area contributed by atoms with Crippen molar-refractivity contribution in [2.24, 2.45) is 0 Å². The normalized spacial score (nSPS) is 16.7. The monoisotopic (exact) mass is 242 g/mol. The van der Waals surface area contributed by atoms with Gasteiger partial charge in [-0.25, -0.2) is 0 Å². The number of hydrogen-bond donors (Lipinski definition) is 2. The van der Waals surface area contributed by atoms with E-state index in [0.29, 0.717) is 10.1 Å². The lowest BCUT2D eigenvalue weighted by atomic mass is 10.3. The number of halogens is 1. The lowest BCUT2D eigenvalue weighted by Gasteiger charge is -2.26. The molecule has 1 aliphatic rings. The number of nitrogens with one attached hydrogen (secondary N) is 2. The van der Waals surface area contributed by atoms with Gasteiger partial charge in [0.1, 0.15) is 11.9 Å². The van der Waals surface area contributed by atoms with Gasteiger partial charge in [0.2, 0.25) is 0 Å². The third-order valence-corrected chi connectivity index (χ3v) is 2.64. The Hall–Kier alpha value is -1.00. The van der Waals surface area contributed by atoms with Crippen LogP contribution >= 0.6 is 23.8 Å². The summed E-state index contributed by atoms with van der Waals surface area (Å²) in [6, 6.07) is 7.33. The molecule has 1 fully saturated rings. The van der Waals surface area contributed by atoms with Gasteiger partial charge in [0, 0.05) is 5.02 Å². The predicted octanol–water partition coefficient (Wildman–Crippen LogP) is 1.57. The number of rotatable bonds is 2. The van der Waals surface area contributed by atoms with Gasteiger partial charge in [-0.15, -0.1) is 0 Å². The largest absolute Gasteiger partial charge is 0.487 e. The van der Waals surface area contributed by atoms with Crippen molar-refractivity contribution in [3.8, 4) is 5.75 Å². The van der Waals surface area contributed by atoms with Gasteiger partial charge >= 0.3 is 0 Å². The minimum atomic E-state index is 0.0953. The smallest absolute Gasteiger partial charge is 0.166 e. The van der Waals surface area contributed by atoms with Crippen LogP contribution < -0.4 is 15.4 Å². The molecular weight excluding hydrogens is 232 g/mol. The fraction of sp³-hybridized carbons (Fsp3) is 0.300. The Balaban J connectivity index is 1.91. The molecule has 1 heterocycles. The first-order valence-corrected chi connectivity index (χ1v) is 5.46. The minimum absolute atomic E-state index is 0.0953. The first-order chi connectivity index (χ1) is 7.24. The maximum Gasteiger partial charge on any atom is 0.166 e. The summed E-state index contributed by atoms with van der Waals surface area (Å²) in [7, 11) is 0. The van der Waals surface area contributed by atoms with Gasteiger partial charge in [-0.05, 0) is 36.5 Å². The van der Waals surface area contributed by atoms with Gasteiger partial charge in [0.25, 0.3) is 0 Å². The van der Waals surface area contributed by atoms with Gasteiger partial charge in [0.15, 0.2) is 5.11 Å². The molecular formula is C10H11ClN2OS. The summed E-state index contributed by atoms with van der Waals surface area (Å²) in [5.41, 5.74) is 0. The van der Waals surface area contributed by atoms with Crippen LogP contribution in [0.3, 0.4) is 0 Å². The van der Waals surface area contributed by atoms with E-state index in [2.05, 4.69) is 10.6 Å². The molecule has 1 saturated heterocycles. The first kappa shape index (κ1) is 10.5. The highest BCUT2D eigenvalue weighted by Gasteiger charge is 2.16. The van der Waals surface area contributed by atoms with Crippen LogP contribution in [-0.2, 0) is 0 Å². The average Bonchev–Trinajstić information content (AvgIpc) is 2.25. The summed E-state index contributed by atoms with van der Waals surface area (Å²) in [6.45, 7) is 1.46. The van der Waals surface area contributed by atoms with Gasteiger partial charge in [-0.2, -0.15) is 0 Å². The Kier molecular flexibility index (Phi) is 3.28. The molecule has 0 spiro atoms. The third-order valence-electron chi connectivity index (χ3n) is 2.10. The van der Waals surface area contributed by atoms with Crippen LogP contribution in [-0.4, -0.2) is 24.3 Å². The predicted molar refractivity (Wildman–Crippen MR) is 64.5 cm³/mol. The van der Waals surface area contributed by atoms with Crippen molar-refractivity contribution >= 4 is 28.9 Å². The average molecular weight is 243 g/mol. The van der Waals surface area contributed by atoms with Gasteiger partial charge in [-0.3, -0.25) is 0 Å². The van der Waals surface area contributed by atoms with Crippen molar-refractivity contribution in [1.82, 2.24) is 10.6 Å². The number of benzene rings is 1. The topological polar surface area (TPSA) is 33.3 Å². The van der Waals surface area contributed by atoms with Crippen molar-refractivity contribution in [2.45, 2.75) is 6.10 Å². The second-order valence-corrected chi connectivity index (χ2v) is 4.13. The molecule has 0 saturated carbocycles. The van der Waals surface area contributed by atoms with Crippen molar-refractivity contribution in [3.63, 3.8) is 0 Å². The molecule has 0 unspecified atom stereocenters. The molecule has 0 amide bonds. The molecule has 1 aromatic carbocycles. The van der Waals surface area contributed by atoms with Crippen molar-refractivity contribution in [2.75, 3.05) is 13.1 Å². The highest BCUT2D eigenvalue weighted by Crippen LogP contribution is 2.16. The molecule has 3 nitrogen and oxygen atoms in total. The molecule has 1 aliphatic heterocycles. The van der Waals surface area contributed by atoms with Gasteiger partial charge in [0.05, 0.1) is 13.1 Å². The molecule has 0 bridgehead atoms. The van der Waals surface area contributed by atoms with E-state index >= 15 is 0 Å². The standard InChI is InChI=1S/C10H11ClN2OS/c11-7-1-3-8(4-2-7)14-9-5-12-10(15)13-6-9/h1-4,9H,5-6H2,(H2,12,13,15). The van der Waals surface area contributed by atoms with Crippen LogP contribution in [0.5, 0.6) is 5.75 Å². The number of thiocarbonyl (C=S) groups is 1. The fourth-order valence-electron chi connectivity index (χ4n) is 1.34. The molecule has 2 N–H and O–H groups in total. The van der Waals surface area contributed by atoms with Crippen LogP contribution in [0.25, 0.3) is 0 Å². The first-order valence-electron chi connectivity index (χ1n) is 4.68. The molecule has 80 valence electrons. The number of hydrogen-bond acceptors (Lipinski definition) is 2. The summed E-state index contributed by atoms with van der Waals surface area (Å²) in [5, 5.41) is 7.46. The molecule has 1 aromatic rings. The summed E-state index contributed by atoms with van der Waals surface area (Å²) in [5.74, 6) is 0.820. The second kappa shape index (κ2) is 4.68. The van der Waals surface area contributed by atoms with E-state index < -0.39 is 0 Å². The van der Waals surface area contributed by atoms with E-state index in [0.717, 1.165) is 18.8 Å². The molecule has 5 heteroatoms. The van der Waals surface area contributed by atoms with Crippen LogP contribution in [0.2, 0.25) is 5.02 Å². The maximum atomic E-state index is 5.78. The van der Waals surface area contributed by atoms with Gasteiger partial charge in [-0.1, -0.05) is 11.6 Å². The van der Waals surface area contributed by atoms with Crippen LogP contribution in [0.4, 0.5) is 0 Å². The van der Waals surface area contributed by atoms with E-state index in [-0.39, 0.29) is 6.10 Å². The van der Waals surface area contributed by atoms with Crippen molar-refractivity contribution in [1.29, 1.82) is 0 Å². The van der Waals surface area contributed by atoms with Crippen LogP contribution in [0.1, 0.15) is 0 Å². The Labute approximate surface area is 98.8 Å². The summed E-state index contributed by atoms with van der Waals surface area (Å²) < 4.78 is 5.72. The van der Waals surface area contributed by atoms with Gasteiger partial charge < -0.3 is 15.4 Å². The molecule has 2 rings (SSSR count). The second-order valence-electron chi connectivity index (χ2n) is 3.28. The summed E-state index contributed by atoms with van der Waals surface area (Å²) >= 11 is 10.7. The van der Waals surface area contributed by atoms with E-state index in [1.54, 1.807) is 0 Å². The fourth-order valence-corrected chi connectivity index (χ4v) is 1.63. The molecule has 0 atom stereocenters. The highest BCUT2D eigenvalue weighted by atomic mass is 35.5. The molecule has 0 aromatic heterocycles. The highest BCUT2D eigenvalue weighted by molar-refractivity contribution is 7.80. The summed E-state index contributed by atoms with van der Waals surface area (Å²) in [6.07, 6.45) is 0.0953. The van der Waals surface area contributed by atoms with Crippen LogP contribution in [0.15, 0.2) is 24.3 Å². The lowest BCUT2D eigenvalue weighted by Crippen LogP contribution is -2.52.